The van der Waals surface area contributed by atoms with Gasteiger partial charge in [-0.15, -0.1) is 11.6 Å². The molecule has 3 rings (SSSR count). The van der Waals surface area contributed by atoms with Crippen LogP contribution in [0.25, 0.3) is 0 Å². The van der Waals surface area contributed by atoms with E-state index in [1.165, 1.54) is 11.1 Å². The van der Waals surface area contributed by atoms with E-state index in [4.69, 9.17) is 16.3 Å². The van der Waals surface area contributed by atoms with Gasteiger partial charge in [0.05, 0.1) is 5.38 Å². The molecule has 0 spiro atoms. The molecule has 1 heterocycles. The summed E-state index contributed by atoms with van der Waals surface area (Å²) in [7, 11) is 0. The molecule has 1 nitrogen and oxygen atoms in total. The lowest BCUT2D eigenvalue weighted by molar-refractivity contribution is 0.216. The molecule has 0 N–H and O–H groups in total. The molecule has 2 atom stereocenters. The number of rotatable bonds is 5. The normalized spacial score (nSPS) is 18.4. The molecule has 2 aromatic carbocycles. The lowest BCUT2D eigenvalue weighted by atomic mass is 10.0. The topological polar surface area (TPSA) is 9.23 Å². The zero-order valence-electron chi connectivity index (χ0n) is 11.5. The SMILES string of the molecule is ClC(CCCC1Cc2ccccc2O1)c1ccccc1. The third-order valence-corrected chi connectivity index (χ3v) is 4.33. The molecule has 0 saturated heterocycles. The van der Waals surface area contributed by atoms with Crippen molar-refractivity contribution in [3.63, 3.8) is 0 Å². The van der Waals surface area contributed by atoms with Gasteiger partial charge in [0.25, 0.3) is 0 Å². The first-order valence-electron chi connectivity index (χ1n) is 7.26. The Morgan fingerprint density at radius 3 is 2.60 bits per heavy atom. The number of ether oxygens (including phenoxy) is 1. The first-order chi connectivity index (χ1) is 9.83. The first kappa shape index (κ1) is 13.5. The fraction of sp³-hybridized carbons (Fsp3) is 0.333. The van der Waals surface area contributed by atoms with Crippen LogP contribution < -0.4 is 4.74 Å². The minimum Gasteiger partial charge on any atom is -0.490 e. The molecule has 1 aliphatic heterocycles. The summed E-state index contributed by atoms with van der Waals surface area (Å²) >= 11 is 6.44. The molecular weight excluding hydrogens is 268 g/mol. The highest BCUT2D eigenvalue weighted by molar-refractivity contribution is 6.20. The molecule has 1 aliphatic rings. The zero-order valence-corrected chi connectivity index (χ0v) is 12.2. The second kappa shape index (κ2) is 6.32. The minimum atomic E-state index is 0.111. The standard InChI is InChI=1S/C18H19ClO/c19-17(14-7-2-1-3-8-14)11-6-10-16-13-15-9-4-5-12-18(15)20-16/h1-5,7-9,12,16-17H,6,10-11,13H2. The Labute approximate surface area is 125 Å². The van der Waals surface area contributed by atoms with Crippen LogP contribution in [-0.2, 0) is 6.42 Å². The summed E-state index contributed by atoms with van der Waals surface area (Å²) < 4.78 is 5.95. The Hall–Kier alpha value is -1.47. The van der Waals surface area contributed by atoms with Crippen molar-refractivity contribution >= 4 is 11.6 Å². The van der Waals surface area contributed by atoms with E-state index in [-0.39, 0.29) is 5.38 Å². The molecule has 0 amide bonds. The number of benzene rings is 2. The van der Waals surface area contributed by atoms with Crippen LogP contribution in [-0.4, -0.2) is 6.10 Å². The fourth-order valence-electron chi connectivity index (χ4n) is 2.77. The van der Waals surface area contributed by atoms with Gasteiger partial charge >= 0.3 is 0 Å². The Bertz CT molecular complexity index is 527. The van der Waals surface area contributed by atoms with Crippen molar-refractivity contribution in [2.75, 3.05) is 0 Å². The first-order valence-corrected chi connectivity index (χ1v) is 7.70. The van der Waals surface area contributed by atoms with Crippen molar-refractivity contribution < 1.29 is 4.74 Å². The van der Waals surface area contributed by atoms with Gasteiger partial charge in [-0.2, -0.15) is 0 Å². The highest BCUT2D eigenvalue weighted by Crippen LogP contribution is 2.32. The van der Waals surface area contributed by atoms with Gasteiger partial charge in [0, 0.05) is 6.42 Å². The number of para-hydroxylation sites is 1. The van der Waals surface area contributed by atoms with Crippen LogP contribution >= 0.6 is 11.6 Å². The van der Waals surface area contributed by atoms with Crippen molar-refractivity contribution in [2.45, 2.75) is 37.2 Å². The third kappa shape index (κ3) is 3.16. The van der Waals surface area contributed by atoms with E-state index in [1.807, 2.05) is 24.3 Å². The van der Waals surface area contributed by atoms with Gasteiger partial charge in [0.2, 0.25) is 0 Å². The van der Waals surface area contributed by atoms with Crippen molar-refractivity contribution in [1.82, 2.24) is 0 Å². The van der Waals surface area contributed by atoms with Crippen LogP contribution in [0.3, 0.4) is 0 Å². The van der Waals surface area contributed by atoms with Gasteiger partial charge in [-0.05, 0) is 36.5 Å². The van der Waals surface area contributed by atoms with E-state index in [9.17, 15) is 0 Å². The summed E-state index contributed by atoms with van der Waals surface area (Å²) in [6.45, 7) is 0. The number of halogens is 1. The minimum absolute atomic E-state index is 0.111. The van der Waals surface area contributed by atoms with Crippen LogP contribution in [0.4, 0.5) is 0 Å². The predicted molar refractivity (Wildman–Crippen MR) is 83.4 cm³/mol. The van der Waals surface area contributed by atoms with E-state index < -0.39 is 0 Å². The van der Waals surface area contributed by atoms with Gasteiger partial charge < -0.3 is 4.74 Å². The monoisotopic (exact) mass is 286 g/mol. The molecule has 2 unspecified atom stereocenters. The van der Waals surface area contributed by atoms with Crippen LogP contribution in [0.2, 0.25) is 0 Å². The zero-order chi connectivity index (χ0) is 13.8. The maximum absolute atomic E-state index is 6.44. The van der Waals surface area contributed by atoms with Crippen molar-refractivity contribution in [3.8, 4) is 5.75 Å². The number of alkyl halides is 1. The molecule has 0 fully saturated rings. The average molecular weight is 287 g/mol. The molecule has 0 aliphatic carbocycles. The van der Waals surface area contributed by atoms with Crippen molar-refractivity contribution in [1.29, 1.82) is 0 Å². The van der Waals surface area contributed by atoms with Crippen LogP contribution in [0.15, 0.2) is 54.6 Å². The number of fused-ring (bicyclic) bond motifs is 1. The molecule has 2 aromatic rings. The maximum atomic E-state index is 6.44. The number of hydrogen-bond acceptors (Lipinski definition) is 1. The maximum Gasteiger partial charge on any atom is 0.123 e. The molecule has 0 bridgehead atoms. The summed E-state index contributed by atoms with van der Waals surface area (Å²) in [5, 5.41) is 0.111. The van der Waals surface area contributed by atoms with Gasteiger partial charge in [0.1, 0.15) is 11.9 Å². The van der Waals surface area contributed by atoms with E-state index in [0.717, 1.165) is 31.4 Å². The van der Waals surface area contributed by atoms with Crippen LogP contribution in [0.5, 0.6) is 5.75 Å². The molecule has 104 valence electrons. The summed E-state index contributed by atoms with van der Waals surface area (Å²) in [5.74, 6) is 1.06. The second-order valence-corrected chi connectivity index (χ2v) is 5.89. The molecule has 2 heteroatoms. The van der Waals surface area contributed by atoms with Gasteiger partial charge in [0.15, 0.2) is 0 Å². The molecule has 20 heavy (non-hydrogen) atoms. The Morgan fingerprint density at radius 1 is 1.05 bits per heavy atom. The van der Waals surface area contributed by atoms with E-state index >= 15 is 0 Å². The van der Waals surface area contributed by atoms with E-state index in [1.54, 1.807) is 0 Å². The van der Waals surface area contributed by atoms with E-state index in [0.29, 0.717) is 6.10 Å². The molecule has 0 saturated carbocycles. The van der Waals surface area contributed by atoms with Crippen molar-refractivity contribution in [3.05, 3.63) is 65.7 Å². The van der Waals surface area contributed by atoms with Crippen LogP contribution in [0.1, 0.15) is 35.8 Å². The highest BCUT2D eigenvalue weighted by Gasteiger charge is 2.22. The van der Waals surface area contributed by atoms with Crippen molar-refractivity contribution in [2.24, 2.45) is 0 Å². The molecule has 0 aromatic heterocycles. The predicted octanol–water partition coefficient (Wildman–Crippen LogP) is 5.14. The average Bonchev–Trinajstić information content (AvgIpc) is 2.90. The largest absolute Gasteiger partial charge is 0.490 e. The van der Waals surface area contributed by atoms with E-state index in [2.05, 4.69) is 30.3 Å². The lowest BCUT2D eigenvalue weighted by Gasteiger charge is -2.13. The quantitative estimate of drug-likeness (QED) is 0.692. The van der Waals surface area contributed by atoms with Gasteiger partial charge in [-0.25, -0.2) is 0 Å². The van der Waals surface area contributed by atoms with Gasteiger partial charge in [-0.1, -0.05) is 48.5 Å². The lowest BCUT2D eigenvalue weighted by Crippen LogP contribution is -2.12. The summed E-state index contributed by atoms with van der Waals surface area (Å²) in [6.07, 6.45) is 4.54. The summed E-state index contributed by atoms with van der Waals surface area (Å²) in [6, 6.07) is 18.6. The number of hydrogen-bond donors (Lipinski definition) is 0. The smallest absolute Gasteiger partial charge is 0.123 e. The molecule has 0 radical (unpaired) electrons. The summed E-state index contributed by atoms with van der Waals surface area (Å²) in [4.78, 5) is 0. The fourth-order valence-corrected chi connectivity index (χ4v) is 3.07. The Morgan fingerprint density at radius 2 is 1.80 bits per heavy atom. The summed E-state index contributed by atoms with van der Waals surface area (Å²) in [5.41, 5.74) is 2.55. The Kier molecular flexibility index (Phi) is 4.27. The second-order valence-electron chi connectivity index (χ2n) is 5.36. The van der Waals surface area contributed by atoms with Crippen LogP contribution in [0, 0.1) is 0 Å². The Balaban J connectivity index is 1.46. The molecular formula is C18H19ClO. The van der Waals surface area contributed by atoms with Gasteiger partial charge in [-0.3, -0.25) is 0 Å². The highest BCUT2D eigenvalue weighted by atomic mass is 35.5. The third-order valence-electron chi connectivity index (χ3n) is 3.86.